The molecule has 20 heavy (non-hydrogen) atoms. The lowest BCUT2D eigenvalue weighted by molar-refractivity contribution is -0.122. The van der Waals surface area contributed by atoms with Crippen LogP contribution in [0.5, 0.6) is 0 Å². The van der Waals surface area contributed by atoms with E-state index in [9.17, 15) is 4.79 Å². The highest BCUT2D eigenvalue weighted by atomic mass is 16.1. The first-order chi connectivity index (χ1) is 9.72. The average molecular weight is 278 g/mol. The molecule has 0 saturated heterocycles. The van der Waals surface area contributed by atoms with E-state index in [0.29, 0.717) is 6.04 Å². The Bertz CT molecular complexity index is 336. The van der Waals surface area contributed by atoms with E-state index in [1.165, 1.54) is 44.9 Å². The van der Waals surface area contributed by atoms with Gasteiger partial charge in [0.25, 0.3) is 0 Å². The number of carbonyl (C=O) groups excluding carboxylic acids is 1. The average Bonchev–Trinajstić information content (AvgIpc) is 2.48. The van der Waals surface area contributed by atoms with Gasteiger partial charge in [-0.05, 0) is 56.8 Å². The van der Waals surface area contributed by atoms with Crippen molar-refractivity contribution >= 4 is 5.91 Å². The Morgan fingerprint density at radius 2 is 1.45 bits per heavy atom. The molecule has 0 bridgehead atoms. The summed E-state index contributed by atoms with van der Waals surface area (Å²) in [7, 11) is 0. The number of nitrogens with two attached hydrogens (primary N) is 1. The molecule has 3 rings (SSSR count). The van der Waals surface area contributed by atoms with Crippen molar-refractivity contribution < 1.29 is 4.79 Å². The lowest BCUT2D eigenvalue weighted by Crippen LogP contribution is -2.45. The zero-order chi connectivity index (χ0) is 13.9. The first-order valence-corrected chi connectivity index (χ1v) is 8.77. The summed E-state index contributed by atoms with van der Waals surface area (Å²) in [6, 6.07) is 1.38. The van der Waals surface area contributed by atoms with Crippen LogP contribution in [-0.4, -0.2) is 18.0 Å². The van der Waals surface area contributed by atoms with Crippen LogP contribution >= 0.6 is 0 Å². The molecule has 3 saturated carbocycles. The Morgan fingerprint density at radius 1 is 0.800 bits per heavy atom. The van der Waals surface area contributed by atoms with Gasteiger partial charge in [-0.1, -0.05) is 25.7 Å². The monoisotopic (exact) mass is 278 g/mol. The number of carbonyl (C=O) groups is 1. The molecule has 0 aliphatic heterocycles. The van der Waals surface area contributed by atoms with Crippen molar-refractivity contribution in [3.05, 3.63) is 0 Å². The van der Waals surface area contributed by atoms with E-state index in [-0.39, 0.29) is 11.8 Å². The molecule has 0 radical (unpaired) electrons. The van der Waals surface area contributed by atoms with Gasteiger partial charge in [-0.25, -0.2) is 0 Å². The third kappa shape index (κ3) is 3.36. The van der Waals surface area contributed by atoms with Gasteiger partial charge in [-0.15, -0.1) is 0 Å². The van der Waals surface area contributed by atoms with Gasteiger partial charge in [0.15, 0.2) is 0 Å². The molecule has 0 heterocycles. The molecule has 1 amide bonds. The highest BCUT2D eigenvalue weighted by Crippen LogP contribution is 2.40. The van der Waals surface area contributed by atoms with Gasteiger partial charge in [0.2, 0.25) is 5.91 Å². The molecule has 3 atom stereocenters. The molecule has 3 fully saturated rings. The van der Waals surface area contributed by atoms with Crippen LogP contribution in [0.15, 0.2) is 0 Å². The third-order valence-electron chi connectivity index (χ3n) is 6.14. The first-order valence-electron chi connectivity index (χ1n) is 8.77. The van der Waals surface area contributed by atoms with E-state index in [4.69, 9.17) is 5.73 Å². The molecule has 3 unspecified atom stereocenters. The molecule has 0 spiro atoms. The fourth-order valence-electron chi connectivity index (χ4n) is 4.90. The van der Waals surface area contributed by atoms with Gasteiger partial charge in [0.1, 0.15) is 0 Å². The van der Waals surface area contributed by atoms with Gasteiger partial charge in [-0.3, -0.25) is 4.79 Å². The molecule has 0 aromatic carbocycles. The minimum Gasteiger partial charge on any atom is -0.369 e. The van der Waals surface area contributed by atoms with Crippen molar-refractivity contribution in [1.82, 2.24) is 5.32 Å². The molecule has 3 heteroatoms. The van der Waals surface area contributed by atoms with Gasteiger partial charge in [0.05, 0.1) is 0 Å². The highest BCUT2D eigenvalue weighted by Gasteiger charge is 2.33. The predicted molar refractivity (Wildman–Crippen MR) is 81.2 cm³/mol. The Kier molecular flexibility index (Phi) is 4.65. The zero-order valence-electron chi connectivity index (χ0n) is 12.7. The van der Waals surface area contributed by atoms with E-state index in [1.807, 2.05) is 0 Å². The summed E-state index contributed by atoms with van der Waals surface area (Å²) in [5.74, 6) is 2.08. The fourth-order valence-corrected chi connectivity index (χ4v) is 4.90. The van der Waals surface area contributed by atoms with Crippen molar-refractivity contribution in [3.8, 4) is 0 Å². The fraction of sp³-hybridized carbons (Fsp3) is 0.941. The molecular weight excluding hydrogens is 248 g/mol. The van der Waals surface area contributed by atoms with Crippen LogP contribution in [-0.2, 0) is 4.79 Å². The van der Waals surface area contributed by atoms with Crippen LogP contribution in [0.2, 0.25) is 0 Å². The molecule has 3 N–H and O–H groups in total. The van der Waals surface area contributed by atoms with Crippen molar-refractivity contribution in [2.75, 3.05) is 0 Å². The van der Waals surface area contributed by atoms with Crippen molar-refractivity contribution in [2.45, 2.75) is 82.7 Å². The second-order valence-electron chi connectivity index (χ2n) is 7.43. The number of amides is 1. The number of rotatable bonds is 3. The third-order valence-corrected chi connectivity index (χ3v) is 6.14. The van der Waals surface area contributed by atoms with Gasteiger partial charge < -0.3 is 11.1 Å². The summed E-state index contributed by atoms with van der Waals surface area (Å²) in [5.41, 5.74) is 5.41. The van der Waals surface area contributed by atoms with Crippen LogP contribution in [0.1, 0.15) is 70.6 Å². The highest BCUT2D eigenvalue weighted by molar-refractivity contribution is 5.76. The van der Waals surface area contributed by atoms with Crippen molar-refractivity contribution in [1.29, 1.82) is 0 Å². The smallest absolute Gasteiger partial charge is 0.220 e. The minimum atomic E-state index is -0.0915. The second kappa shape index (κ2) is 6.46. The second-order valence-corrected chi connectivity index (χ2v) is 7.43. The van der Waals surface area contributed by atoms with Gasteiger partial charge in [0, 0.05) is 18.0 Å². The molecule has 3 nitrogen and oxygen atoms in total. The summed E-state index contributed by atoms with van der Waals surface area (Å²) < 4.78 is 0. The van der Waals surface area contributed by atoms with E-state index >= 15 is 0 Å². The molecule has 0 aromatic rings. The largest absolute Gasteiger partial charge is 0.369 e. The Morgan fingerprint density at radius 3 is 2.15 bits per heavy atom. The van der Waals surface area contributed by atoms with Crippen LogP contribution in [0, 0.1) is 17.8 Å². The summed E-state index contributed by atoms with van der Waals surface area (Å²) in [5, 5.41) is 3.90. The van der Waals surface area contributed by atoms with Crippen molar-refractivity contribution in [2.24, 2.45) is 23.5 Å². The zero-order valence-corrected chi connectivity index (χ0v) is 12.7. The number of primary amides is 1. The number of hydrogen-bond donors (Lipinski definition) is 2. The maximum absolute atomic E-state index is 11.2. The van der Waals surface area contributed by atoms with E-state index < -0.39 is 0 Å². The standard InChI is InChI=1S/C17H30N2O/c18-17(20)13-6-8-15(9-7-13)19-16-10-5-12-3-1-2-4-14(12)11-16/h12-16,19H,1-11H2,(H2,18,20). The van der Waals surface area contributed by atoms with Crippen LogP contribution in [0.4, 0.5) is 0 Å². The Hall–Kier alpha value is -0.570. The Labute approximate surface area is 123 Å². The van der Waals surface area contributed by atoms with Gasteiger partial charge in [-0.2, -0.15) is 0 Å². The molecule has 0 aromatic heterocycles. The van der Waals surface area contributed by atoms with Crippen LogP contribution in [0.3, 0.4) is 0 Å². The van der Waals surface area contributed by atoms with Crippen molar-refractivity contribution in [3.63, 3.8) is 0 Å². The van der Waals surface area contributed by atoms with E-state index in [1.54, 1.807) is 0 Å². The lowest BCUT2D eigenvalue weighted by atomic mass is 9.69. The number of nitrogens with one attached hydrogen (secondary N) is 1. The first kappa shape index (κ1) is 14.4. The maximum atomic E-state index is 11.2. The molecule has 114 valence electrons. The summed E-state index contributed by atoms with van der Waals surface area (Å²) in [6.45, 7) is 0. The van der Waals surface area contributed by atoms with Crippen LogP contribution < -0.4 is 11.1 Å². The molecule has 3 aliphatic rings. The van der Waals surface area contributed by atoms with Crippen LogP contribution in [0.25, 0.3) is 0 Å². The number of hydrogen-bond acceptors (Lipinski definition) is 2. The summed E-state index contributed by atoms with van der Waals surface area (Å²) >= 11 is 0. The predicted octanol–water partition coefficient (Wildman–Crippen LogP) is 2.98. The summed E-state index contributed by atoms with van der Waals surface area (Å²) in [6.07, 6.45) is 14.4. The van der Waals surface area contributed by atoms with Gasteiger partial charge >= 0.3 is 0 Å². The number of fused-ring (bicyclic) bond motifs is 1. The van der Waals surface area contributed by atoms with E-state index in [0.717, 1.165) is 43.6 Å². The Balaban J connectivity index is 1.44. The lowest BCUT2D eigenvalue weighted by Gasteiger charge is -2.41. The maximum Gasteiger partial charge on any atom is 0.220 e. The minimum absolute atomic E-state index is 0.0915. The molecule has 3 aliphatic carbocycles. The SMILES string of the molecule is NC(=O)C1CCC(NC2CCC3CCCCC3C2)CC1. The summed E-state index contributed by atoms with van der Waals surface area (Å²) in [4.78, 5) is 11.2. The molecular formula is C17H30N2O. The normalized spacial score (nSPS) is 41.9. The topological polar surface area (TPSA) is 55.1 Å². The van der Waals surface area contributed by atoms with E-state index in [2.05, 4.69) is 5.32 Å². The quantitative estimate of drug-likeness (QED) is 0.834.